The van der Waals surface area contributed by atoms with Crippen LogP contribution in [0.25, 0.3) is 0 Å². The summed E-state index contributed by atoms with van der Waals surface area (Å²) in [5, 5.41) is 3.14. The van der Waals surface area contributed by atoms with E-state index >= 15 is 0 Å². The summed E-state index contributed by atoms with van der Waals surface area (Å²) in [6.07, 6.45) is 10.6. The third-order valence-electron chi connectivity index (χ3n) is 5.14. The summed E-state index contributed by atoms with van der Waals surface area (Å²) in [5.41, 5.74) is 2.09. The summed E-state index contributed by atoms with van der Waals surface area (Å²) in [4.78, 5) is 18.9. The Morgan fingerprint density at radius 2 is 2.07 bits per heavy atom. The van der Waals surface area contributed by atoms with Crippen molar-refractivity contribution >= 4 is 5.91 Å². The molecule has 5 nitrogen and oxygen atoms in total. The lowest BCUT2D eigenvalue weighted by molar-refractivity contribution is -0.127. The van der Waals surface area contributed by atoms with E-state index in [4.69, 9.17) is 11.2 Å². The lowest BCUT2D eigenvalue weighted by Gasteiger charge is -2.30. The number of benzene rings is 1. The van der Waals surface area contributed by atoms with E-state index in [-0.39, 0.29) is 17.9 Å². The molecule has 1 N–H and O–H groups in total. The van der Waals surface area contributed by atoms with Crippen LogP contribution < -0.4 is 10.1 Å². The van der Waals surface area contributed by atoms with E-state index in [1.165, 1.54) is 0 Å². The van der Waals surface area contributed by atoms with Gasteiger partial charge >= 0.3 is 0 Å². The minimum absolute atomic E-state index is 0.0383. The van der Waals surface area contributed by atoms with Crippen LogP contribution in [0.2, 0.25) is 0 Å². The highest BCUT2D eigenvalue weighted by Crippen LogP contribution is 2.21. The lowest BCUT2D eigenvalue weighted by Crippen LogP contribution is -2.41. The van der Waals surface area contributed by atoms with E-state index in [0.29, 0.717) is 13.2 Å². The summed E-state index contributed by atoms with van der Waals surface area (Å²) in [6.45, 7) is 4.94. The molecular weight excluding hydrogens is 350 g/mol. The maximum atomic E-state index is 12.6. The molecule has 1 aliphatic rings. The second-order valence-corrected chi connectivity index (χ2v) is 7.20. The van der Waals surface area contributed by atoms with E-state index in [1.807, 2.05) is 43.3 Å². The Morgan fingerprint density at radius 1 is 1.32 bits per heavy atom. The number of piperidine rings is 1. The maximum absolute atomic E-state index is 12.6. The first-order valence-corrected chi connectivity index (χ1v) is 9.73. The second-order valence-electron chi connectivity index (χ2n) is 7.20. The molecule has 1 aromatic carbocycles. The molecule has 0 saturated carbocycles. The van der Waals surface area contributed by atoms with Gasteiger partial charge in [0, 0.05) is 23.9 Å². The standard InChI is InChI=1S/C23H27N3O2/c1-3-13-26-14-10-21(11-15-26)23(27)25-18(2)20-6-8-22(9-7-20)28-17-19-5-4-12-24-16-19/h1,4-9,12,16,18,21H,10-11,13-15,17H2,2H3,(H,25,27). The van der Waals surface area contributed by atoms with E-state index in [0.717, 1.165) is 42.8 Å². The molecule has 0 spiro atoms. The van der Waals surface area contributed by atoms with Gasteiger partial charge in [-0.15, -0.1) is 6.42 Å². The molecule has 1 aromatic heterocycles. The van der Waals surface area contributed by atoms with Gasteiger partial charge in [-0.2, -0.15) is 0 Å². The fourth-order valence-electron chi connectivity index (χ4n) is 3.40. The van der Waals surface area contributed by atoms with Gasteiger partial charge in [0.1, 0.15) is 12.4 Å². The van der Waals surface area contributed by atoms with Gasteiger partial charge in [0.25, 0.3) is 0 Å². The van der Waals surface area contributed by atoms with Crippen molar-refractivity contribution in [3.05, 3.63) is 59.9 Å². The molecule has 146 valence electrons. The molecule has 1 aliphatic heterocycles. The van der Waals surface area contributed by atoms with Crippen LogP contribution in [0.1, 0.15) is 36.9 Å². The van der Waals surface area contributed by atoms with Crippen molar-refractivity contribution in [2.75, 3.05) is 19.6 Å². The minimum atomic E-state index is -0.0383. The number of pyridine rings is 1. The quantitative estimate of drug-likeness (QED) is 0.753. The second kappa shape index (κ2) is 9.91. The van der Waals surface area contributed by atoms with Gasteiger partial charge in [-0.3, -0.25) is 14.7 Å². The van der Waals surface area contributed by atoms with Crippen molar-refractivity contribution in [3.8, 4) is 18.1 Å². The van der Waals surface area contributed by atoms with Crippen molar-refractivity contribution < 1.29 is 9.53 Å². The molecule has 1 fully saturated rings. The summed E-state index contributed by atoms with van der Waals surface area (Å²) >= 11 is 0. The predicted molar refractivity (Wildman–Crippen MR) is 110 cm³/mol. The number of rotatable bonds is 7. The number of hydrogen-bond donors (Lipinski definition) is 1. The lowest BCUT2D eigenvalue weighted by atomic mass is 9.95. The third kappa shape index (κ3) is 5.58. The van der Waals surface area contributed by atoms with Crippen LogP contribution in [0.3, 0.4) is 0 Å². The van der Waals surface area contributed by atoms with Gasteiger partial charge in [0.05, 0.1) is 12.6 Å². The number of aromatic nitrogens is 1. The Balaban J connectivity index is 1.47. The summed E-state index contributed by atoms with van der Waals surface area (Å²) in [7, 11) is 0. The van der Waals surface area contributed by atoms with E-state index in [1.54, 1.807) is 12.4 Å². The van der Waals surface area contributed by atoms with Crippen molar-refractivity contribution in [2.45, 2.75) is 32.4 Å². The molecular formula is C23H27N3O2. The molecule has 28 heavy (non-hydrogen) atoms. The van der Waals surface area contributed by atoms with Crippen molar-refractivity contribution in [3.63, 3.8) is 0 Å². The van der Waals surface area contributed by atoms with E-state index < -0.39 is 0 Å². The van der Waals surface area contributed by atoms with Crippen LogP contribution in [0.5, 0.6) is 5.75 Å². The summed E-state index contributed by atoms with van der Waals surface area (Å²) in [5.74, 6) is 3.67. The zero-order chi connectivity index (χ0) is 19.8. The molecule has 1 saturated heterocycles. The van der Waals surface area contributed by atoms with Crippen LogP contribution >= 0.6 is 0 Å². The minimum Gasteiger partial charge on any atom is -0.489 e. The zero-order valence-corrected chi connectivity index (χ0v) is 16.3. The molecule has 1 atom stereocenters. The number of likely N-dealkylation sites (tertiary alicyclic amines) is 1. The average Bonchev–Trinajstić information content (AvgIpc) is 2.74. The third-order valence-corrected chi connectivity index (χ3v) is 5.14. The predicted octanol–water partition coefficient (Wildman–Crippen LogP) is 3.18. The first-order chi connectivity index (χ1) is 13.7. The van der Waals surface area contributed by atoms with Gasteiger partial charge in [-0.25, -0.2) is 0 Å². The molecule has 0 bridgehead atoms. The molecule has 0 aliphatic carbocycles. The molecule has 5 heteroatoms. The zero-order valence-electron chi connectivity index (χ0n) is 16.3. The number of terminal acetylenes is 1. The van der Waals surface area contributed by atoms with Gasteiger partial charge in [-0.1, -0.05) is 24.1 Å². The van der Waals surface area contributed by atoms with Gasteiger partial charge in [0.15, 0.2) is 0 Å². The Bertz CT molecular complexity index is 791. The average molecular weight is 377 g/mol. The molecule has 1 amide bonds. The number of carbonyl (C=O) groups excluding carboxylic acids is 1. The van der Waals surface area contributed by atoms with Crippen LogP contribution in [0, 0.1) is 18.3 Å². The highest BCUT2D eigenvalue weighted by atomic mass is 16.5. The number of nitrogens with zero attached hydrogens (tertiary/aromatic N) is 2. The fraction of sp³-hybridized carbons (Fsp3) is 0.391. The van der Waals surface area contributed by atoms with Crippen LogP contribution in [-0.2, 0) is 11.4 Å². The van der Waals surface area contributed by atoms with Crippen LogP contribution in [0.15, 0.2) is 48.8 Å². The SMILES string of the molecule is C#CCN1CCC(C(=O)NC(C)c2ccc(OCc3cccnc3)cc2)CC1. The monoisotopic (exact) mass is 377 g/mol. The summed E-state index contributed by atoms with van der Waals surface area (Å²) in [6, 6.07) is 11.7. The summed E-state index contributed by atoms with van der Waals surface area (Å²) < 4.78 is 5.79. The Hall–Kier alpha value is -2.84. The van der Waals surface area contributed by atoms with E-state index in [2.05, 4.69) is 21.1 Å². The van der Waals surface area contributed by atoms with E-state index in [9.17, 15) is 4.79 Å². The first-order valence-electron chi connectivity index (χ1n) is 9.73. The normalized spacial score (nSPS) is 16.1. The van der Waals surface area contributed by atoms with Crippen molar-refractivity contribution in [1.82, 2.24) is 15.2 Å². The van der Waals surface area contributed by atoms with Gasteiger partial charge in [-0.05, 0) is 56.6 Å². The Morgan fingerprint density at radius 3 is 2.71 bits per heavy atom. The van der Waals surface area contributed by atoms with Gasteiger partial charge < -0.3 is 10.1 Å². The number of carbonyl (C=O) groups is 1. The molecule has 2 aromatic rings. The Labute approximate surface area is 167 Å². The van der Waals surface area contributed by atoms with Crippen LogP contribution in [-0.4, -0.2) is 35.4 Å². The number of hydrogen-bond acceptors (Lipinski definition) is 4. The number of ether oxygens (including phenoxy) is 1. The number of amides is 1. The molecule has 2 heterocycles. The van der Waals surface area contributed by atoms with Crippen LogP contribution in [0.4, 0.5) is 0 Å². The Kier molecular flexibility index (Phi) is 7.05. The molecule has 3 rings (SSSR count). The number of nitrogens with one attached hydrogen (secondary N) is 1. The molecule has 1 unspecified atom stereocenters. The smallest absolute Gasteiger partial charge is 0.223 e. The largest absolute Gasteiger partial charge is 0.489 e. The topological polar surface area (TPSA) is 54.5 Å². The highest BCUT2D eigenvalue weighted by Gasteiger charge is 2.25. The van der Waals surface area contributed by atoms with Gasteiger partial charge in [0.2, 0.25) is 5.91 Å². The van der Waals surface area contributed by atoms with Crippen molar-refractivity contribution in [2.24, 2.45) is 5.92 Å². The maximum Gasteiger partial charge on any atom is 0.223 e. The van der Waals surface area contributed by atoms with Crippen molar-refractivity contribution in [1.29, 1.82) is 0 Å². The first kappa shape index (κ1) is 19.9. The highest BCUT2D eigenvalue weighted by molar-refractivity contribution is 5.79. The molecule has 0 radical (unpaired) electrons. The fourth-order valence-corrected chi connectivity index (χ4v) is 3.40.